The van der Waals surface area contributed by atoms with Crippen molar-refractivity contribution >= 4 is 5.91 Å². The standard InChI is InChI=1S/C15H20N4O4/c1-4-9(2)11-7-13(23-18-11)15(20)19-5-6-21-8-12(19)14-17-16-10(3)22-14/h7,9,12H,4-6,8H2,1-3H3. The molecule has 1 saturated heterocycles. The normalized spacial score (nSPS) is 19.8. The van der Waals surface area contributed by atoms with Gasteiger partial charge in [0, 0.05) is 25.5 Å². The fraction of sp³-hybridized carbons (Fsp3) is 0.600. The van der Waals surface area contributed by atoms with Crippen molar-refractivity contribution in [1.82, 2.24) is 20.3 Å². The third-order valence-corrected chi connectivity index (χ3v) is 4.07. The van der Waals surface area contributed by atoms with Crippen LogP contribution in [0.5, 0.6) is 0 Å². The summed E-state index contributed by atoms with van der Waals surface area (Å²) in [4.78, 5) is 14.4. The van der Waals surface area contributed by atoms with Gasteiger partial charge in [-0.1, -0.05) is 19.0 Å². The second-order valence-corrected chi connectivity index (χ2v) is 5.67. The molecule has 2 unspecified atom stereocenters. The highest BCUT2D eigenvalue weighted by Crippen LogP contribution is 2.26. The van der Waals surface area contributed by atoms with E-state index in [0.29, 0.717) is 31.5 Å². The molecule has 0 saturated carbocycles. The molecule has 1 aliphatic heterocycles. The zero-order valence-electron chi connectivity index (χ0n) is 13.5. The Morgan fingerprint density at radius 3 is 3.00 bits per heavy atom. The van der Waals surface area contributed by atoms with E-state index in [1.165, 1.54) is 0 Å². The number of aryl methyl sites for hydroxylation is 1. The lowest BCUT2D eigenvalue weighted by Gasteiger charge is -2.32. The monoisotopic (exact) mass is 320 g/mol. The van der Waals surface area contributed by atoms with Gasteiger partial charge in [0.1, 0.15) is 6.04 Å². The average Bonchev–Trinajstić information content (AvgIpc) is 3.22. The Morgan fingerprint density at radius 2 is 2.30 bits per heavy atom. The summed E-state index contributed by atoms with van der Waals surface area (Å²) >= 11 is 0. The first-order valence-electron chi connectivity index (χ1n) is 7.75. The van der Waals surface area contributed by atoms with Crippen molar-refractivity contribution in [3.05, 3.63) is 29.3 Å². The van der Waals surface area contributed by atoms with Gasteiger partial charge in [0.2, 0.25) is 17.5 Å². The minimum Gasteiger partial charge on any atom is -0.423 e. The summed E-state index contributed by atoms with van der Waals surface area (Å²) in [5.41, 5.74) is 0.786. The highest BCUT2D eigenvalue weighted by atomic mass is 16.5. The fourth-order valence-electron chi connectivity index (χ4n) is 2.47. The molecule has 0 radical (unpaired) electrons. The second kappa shape index (κ2) is 6.49. The predicted molar refractivity (Wildman–Crippen MR) is 78.8 cm³/mol. The summed E-state index contributed by atoms with van der Waals surface area (Å²) < 4.78 is 16.2. The van der Waals surface area contributed by atoms with Crippen molar-refractivity contribution in [2.24, 2.45) is 0 Å². The van der Waals surface area contributed by atoms with Gasteiger partial charge in [0.15, 0.2) is 0 Å². The molecule has 2 aromatic heterocycles. The molecular weight excluding hydrogens is 300 g/mol. The zero-order chi connectivity index (χ0) is 16.4. The Balaban J connectivity index is 1.82. The number of amides is 1. The van der Waals surface area contributed by atoms with Crippen molar-refractivity contribution in [3.8, 4) is 0 Å². The van der Waals surface area contributed by atoms with Gasteiger partial charge in [-0.05, 0) is 6.42 Å². The third-order valence-electron chi connectivity index (χ3n) is 4.07. The lowest BCUT2D eigenvalue weighted by molar-refractivity contribution is -0.0124. The van der Waals surface area contributed by atoms with Gasteiger partial charge < -0.3 is 18.6 Å². The molecule has 1 fully saturated rings. The first kappa shape index (κ1) is 15.7. The van der Waals surface area contributed by atoms with Gasteiger partial charge in [-0.15, -0.1) is 10.2 Å². The largest absolute Gasteiger partial charge is 0.423 e. The number of carbonyl (C=O) groups is 1. The van der Waals surface area contributed by atoms with Crippen LogP contribution in [0.2, 0.25) is 0 Å². The van der Waals surface area contributed by atoms with E-state index in [1.807, 2.05) is 6.92 Å². The molecule has 0 bridgehead atoms. The second-order valence-electron chi connectivity index (χ2n) is 5.67. The van der Waals surface area contributed by atoms with E-state index in [0.717, 1.165) is 12.1 Å². The first-order chi connectivity index (χ1) is 11.1. The van der Waals surface area contributed by atoms with E-state index in [-0.39, 0.29) is 17.6 Å². The van der Waals surface area contributed by atoms with Crippen LogP contribution in [-0.2, 0) is 4.74 Å². The molecule has 0 N–H and O–H groups in total. The van der Waals surface area contributed by atoms with Crippen LogP contribution in [0.1, 0.15) is 60.3 Å². The van der Waals surface area contributed by atoms with E-state index in [1.54, 1.807) is 17.9 Å². The smallest absolute Gasteiger partial charge is 0.293 e. The highest BCUT2D eigenvalue weighted by Gasteiger charge is 2.34. The van der Waals surface area contributed by atoms with E-state index >= 15 is 0 Å². The molecule has 3 heterocycles. The molecule has 0 spiro atoms. The molecule has 23 heavy (non-hydrogen) atoms. The maximum absolute atomic E-state index is 12.8. The Hall–Kier alpha value is -2.22. The van der Waals surface area contributed by atoms with Gasteiger partial charge in [0.05, 0.1) is 18.9 Å². The van der Waals surface area contributed by atoms with Crippen molar-refractivity contribution in [2.75, 3.05) is 19.8 Å². The summed E-state index contributed by atoms with van der Waals surface area (Å²) in [6.45, 7) is 7.04. The van der Waals surface area contributed by atoms with Crippen LogP contribution in [0.15, 0.2) is 15.0 Å². The number of ether oxygens (including phenoxy) is 1. The van der Waals surface area contributed by atoms with Crippen LogP contribution >= 0.6 is 0 Å². The molecule has 2 aromatic rings. The molecule has 2 atom stereocenters. The lowest BCUT2D eigenvalue weighted by atomic mass is 10.1. The lowest BCUT2D eigenvalue weighted by Crippen LogP contribution is -2.43. The number of nitrogens with zero attached hydrogens (tertiary/aromatic N) is 4. The molecule has 3 rings (SSSR count). The topological polar surface area (TPSA) is 94.5 Å². The van der Waals surface area contributed by atoms with Crippen molar-refractivity contribution in [1.29, 1.82) is 0 Å². The van der Waals surface area contributed by atoms with Crippen LogP contribution in [0.3, 0.4) is 0 Å². The molecule has 0 aromatic carbocycles. The third kappa shape index (κ3) is 3.12. The summed E-state index contributed by atoms with van der Waals surface area (Å²) in [7, 11) is 0. The van der Waals surface area contributed by atoms with E-state index in [2.05, 4.69) is 22.3 Å². The summed E-state index contributed by atoms with van der Waals surface area (Å²) in [6.07, 6.45) is 0.932. The van der Waals surface area contributed by atoms with Crippen LogP contribution < -0.4 is 0 Å². The quantitative estimate of drug-likeness (QED) is 0.851. The average molecular weight is 320 g/mol. The SMILES string of the molecule is CCC(C)c1cc(C(=O)N2CCOCC2c2nnc(C)o2)on1. The molecule has 124 valence electrons. The predicted octanol–water partition coefficient (Wildman–Crippen LogP) is 2.09. The first-order valence-corrected chi connectivity index (χ1v) is 7.75. The number of hydrogen-bond acceptors (Lipinski definition) is 7. The Labute approximate surface area is 133 Å². The number of hydrogen-bond donors (Lipinski definition) is 0. The van der Waals surface area contributed by atoms with Crippen molar-refractivity contribution in [2.45, 2.75) is 39.2 Å². The molecule has 8 nitrogen and oxygen atoms in total. The van der Waals surface area contributed by atoms with Crippen molar-refractivity contribution in [3.63, 3.8) is 0 Å². The molecule has 1 aliphatic rings. The summed E-state index contributed by atoms with van der Waals surface area (Å²) in [5.74, 6) is 1.06. The maximum atomic E-state index is 12.8. The highest BCUT2D eigenvalue weighted by molar-refractivity contribution is 5.91. The van der Waals surface area contributed by atoms with Gasteiger partial charge in [-0.2, -0.15) is 0 Å². The van der Waals surface area contributed by atoms with E-state index in [9.17, 15) is 4.79 Å². The van der Waals surface area contributed by atoms with Crippen LogP contribution in [-0.4, -0.2) is 45.9 Å². The Kier molecular flexibility index (Phi) is 4.42. The summed E-state index contributed by atoms with van der Waals surface area (Å²) in [5, 5.41) is 11.8. The minimum absolute atomic E-state index is 0.225. The number of carbonyl (C=O) groups excluding carboxylic acids is 1. The fourth-order valence-corrected chi connectivity index (χ4v) is 2.47. The maximum Gasteiger partial charge on any atom is 0.293 e. The van der Waals surface area contributed by atoms with Crippen LogP contribution in [0.25, 0.3) is 0 Å². The minimum atomic E-state index is -0.408. The number of aromatic nitrogens is 3. The van der Waals surface area contributed by atoms with Crippen LogP contribution in [0.4, 0.5) is 0 Å². The van der Waals surface area contributed by atoms with Gasteiger partial charge in [0.25, 0.3) is 5.91 Å². The molecule has 0 aliphatic carbocycles. The summed E-state index contributed by atoms with van der Waals surface area (Å²) in [6, 6.07) is 1.30. The molecule has 8 heteroatoms. The van der Waals surface area contributed by atoms with Gasteiger partial charge >= 0.3 is 0 Å². The van der Waals surface area contributed by atoms with Crippen molar-refractivity contribution < 1.29 is 18.5 Å². The molecular formula is C15H20N4O4. The molecule has 1 amide bonds. The van der Waals surface area contributed by atoms with E-state index in [4.69, 9.17) is 13.7 Å². The number of morpholine rings is 1. The Bertz CT molecular complexity index is 681. The van der Waals surface area contributed by atoms with Gasteiger partial charge in [-0.3, -0.25) is 4.79 Å². The zero-order valence-corrected chi connectivity index (χ0v) is 13.5. The van der Waals surface area contributed by atoms with Crippen LogP contribution in [0, 0.1) is 6.92 Å². The number of rotatable bonds is 4. The Morgan fingerprint density at radius 1 is 1.48 bits per heavy atom. The van der Waals surface area contributed by atoms with Gasteiger partial charge in [-0.25, -0.2) is 0 Å². The van der Waals surface area contributed by atoms with E-state index < -0.39 is 6.04 Å².